The summed E-state index contributed by atoms with van der Waals surface area (Å²) in [4.78, 5) is 20.4. The third-order valence-electron chi connectivity index (χ3n) is 1.79. The van der Waals surface area contributed by atoms with E-state index in [1.54, 1.807) is 0 Å². The molecule has 0 heterocycles. The summed E-state index contributed by atoms with van der Waals surface area (Å²) in [5.74, 6) is 0. The van der Waals surface area contributed by atoms with E-state index in [1.165, 1.54) is 12.8 Å². The van der Waals surface area contributed by atoms with E-state index in [-0.39, 0.29) is 6.16 Å². The van der Waals surface area contributed by atoms with Crippen molar-refractivity contribution in [1.82, 2.24) is 0 Å². The Kier molecular flexibility index (Phi) is 6.73. The van der Waals surface area contributed by atoms with Gasteiger partial charge in [-0.1, -0.05) is 46.6 Å². The molecule has 0 N–H and O–H groups in total. The Bertz CT molecular complexity index is 141. The molecule has 0 aliphatic heterocycles. The van der Waals surface area contributed by atoms with E-state index in [0.29, 0.717) is 6.42 Å². The number of hydrogen-bond donors (Lipinski definition) is 0. The summed E-state index contributed by atoms with van der Waals surface area (Å²) in [6.07, 6.45) is 5.82. The van der Waals surface area contributed by atoms with E-state index in [0.717, 1.165) is 19.3 Å². The Hall–Kier alpha value is 0.150. The molecular formula is C8H17O3P-2. The van der Waals surface area contributed by atoms with Gasteiger partial charge in [-0.25, -0.2) is 0 Å². The summed E-state index contributed by atoms with van der Waals surface area (Å²) in [5.41, 5.74) is 0. The van der Waals surface area contributed by atoms with E-state index in [1.807, 2.05) is 0 Å². The quantitative estimate of drug-likeness (QED) is 0.450. The molecule has 0 aliphatic carbocycles. The van der Waals surface area contributed by atoms with Crippen LogP contribution in [-0.4, -0.2) is 6.16 Å². The first kappa shape index (κ1) is 12.2. The lowest BCUT2D eigenvalue weighted by atomic mass is 10.1. The van der Waals surface area contributed by atoms with Gasteiger partial charge in [-0.3, -0.25) is 0 Å². The first-order valence-corrected chi connectivity index (χ1v) is 6.30. The van der Waals surface area contributed by atoms with Gasteiger partial charge in [0, 0.05) is 0 Å². The second kappa shape index (κ2) is 6.64. The van der Waals surface area contributed by atoms with Crippen molar-refractivity contribution in [2.24, 2.45) is 0 Å². The van der Waals surface area contributed by atoms with Gasteiger partial charge < -0.3 is 14.4 Å². The molecule has 12 heavy (non-hydrogen) atoms. The third-order valence-corrected chi connectivity index (χ3v) is 2.65. The van der Waals surface area contributed by atoms with Gasteiger partial charge >= 0.3 is 0 Å². The zero-order valence-corrected chi connectivity index (χ0v) is 8.52. The van der Waals surface area contributed by atoms with Gasteiger partial charge in [-0.15, -0.1) is 0 Å². The average molecular weight is 192 g/mol. The summed E-state index contributed by atoms with van der Waals surface area (Å²) >= 11 is 0. The summed E-state index contributed by atoms with van der Waals surface area (Å²) in [6, 6.07) is 0. The van der Waals surface area contributed by atoms with Crippen LogP contribution < -0.4 is 9.79 Å². The van der Waals surface area contributed by atoms with Crippen molar-refractivity contribution in [1.29, 1.82) is 0 Å². The predicted molar refractivity (Wildman–Crippen MR) is 45.8 cm³/mol. The number of rotatable bonds is 7. The molecule has 0 amide bonds. The van der Waals surface area contributed by atoms with Gasteiger partial charge in [0.15, 0.2) is 0 Å². The van der Waals surface area contributed by atoms with Crippen LogP contribution in [0.2, 0.25) is 0 Å². The van der Waals surface area contributed by atoms with E-state index in [2.05, 4.69) is 6.92 Å². The molecule has 0 aromatic carbocycles. The van der Waals surface area contributed by atoms with Crippen molar-refractivity contribution in [2.75, 3.05) is 6.16 Å². The van der Waals surface area contributed by atoms with Crippen molar-refractivity contribution >= 4 is 7.60 Å². The SMILES string of the molecule is CCCCCCCCP(=O)([O-])[O-]. The summed E-state index contributed by atoms with van der Waals surface area (Å²) in [6.45, 7) is 2.13. The Morgan fingerprint density at radius 1 is 1.00 bits per heavy atom. The van der Waals surface area contributed by atoms with Crippen molar-refractivity contribution in [3.63, 3.8) is 0 Å². The lowest BCUT2D eigenvalue weighted by Crippen LogP contribution is -2.16. The molecule has 0 aliphatic rings. The van der Waals surface area contributed by atoms with Crippen molar-refractivity contribution in [3.8, 4) is 0 Å². The smallest absolute Gasteiger partial charge is 0.0250 e. The first-order chi connectivity index (χ1) is 5.56. The van der Waals surface area contributed by atoms with Crippen molar-refractivity contribution in [3.05, 3.63) is 0 Å². The average Bonchev–Trinajstić information content (AvgIpc) is 1.94. The maximum Gasteiger partial charge on any atom is -0.0250 e. The second-order valence-corrected chi connectivity index (χ2v) is 4.77. The molecule has 0 aromatic rings. The minimum absolute atomic E-state index is 0.168. The van der Waals surface area contributed by atoms with Crippen LogP contribution in [0, 0.1) is 0 Å². The van der Waals surface area contributed by atoms with Gasteiger partial charge in [0.25, 0.3) is 0 Å². The molecule has 0 bridgehead atoms. The topological polar surface area (TPSA) is 63.2 Å². The van der Waals surface area contributed by atoms with E-state index >= 15 is 0 Å². The van der Waals surface area contributed by atoms with Crippen LogP contribution in [0.1, 0.15) is 45.4 Å². The maximum absolute atomic E-state index is 10.2. The van der Waals surface area contributed by atoms with Gasteiger partial charge in [-0.2, -0.15) is 0 Å². The van der Waals surface area contributed by atoms with Crippen LogP contribution in [0.3, 0.4) is 0 Å². The Morgan fingerprint density at radius 3 is 2.00 bits per heavy atom. The molecule has 0 atom stereocenters. The Morgan fingerprint density at radius 2 is 1.50 bits per heavy atom. The summed E-state index contributed by atoms with van der Waals surface area (Å²) in [7, 11) is -4.22. The Balaban J connectivity index is 3.06. The monoisotopic (exact) mass is 192 g/mol. The van der Waals surface area contributed by atoms with E-state index in [4.69, 9.17) is 0 Å². The van der Waals surface area contributed by atoms with Crippen LogP contribution in [0.4, 0.5) is 0 Å². The minimum atomic E-state index is -4.22. The van der Waals surface area contributed by atoms with Crippen LogP contribution in [0.25, 0.3) is 0 Å². The van der Waals surface area contributed by atoms with Gasteiger partial charge in [0.2, 0.25) is 0 Å². The standard InChI is InChI=1S/C8H19O3P/c1-2-3-4-5-6-7-8-12(9,10)11/h2-8H2,1H3,(H2,9,10,11)/p-2. The fourth-order valence-electron chi connectivity index (χ4n) is 1.09. The highest BCUT2D eigenvalue weighted by atomic mass is 31.2. The zero-order valence-electron chi connectivity index (χ0n) is 7.62. The third kappa shape index (κ3) is 10.2. The van der Waals surface area contributed by atoms with Crippen LogP contribution in [-0.2, 0) is 4.57 Å². The van der Waals surface area contributed by atoms with Gasteiger partial charge in [0.1, 0.15) is 0 Å². The molecule has 0 spiro atoms. The normalized spacial score (nSPS) is 11.9. The molecule has 0 saturated carbocycles. The maximum atomic E-state index is 10.2. The van der Waals surface area contributed by atoms with E-state index < -0.39 is 7.60 Å². The molecular weight excluding hydrogens is 175 g/mol. The van der Waals surface area contributed by atoms with E-state index in [9.17, 15) is 14.4 Å². The molecule has 0 saturated heterocycles. The molecule has 3 nitrogen and oxygen atoms in total. The first-order valence-electron chi connectivity index (χ1n) is 4.57. The number of hydrogen-bond acceptors (Lipinski definition) is 3. The summed E-state index contributed by atoms with van der Waals surface area (Å²) in [5, 5.41) is 0. The Labute approximate surface area is 74.3 Å². The molecule has 0 radical (unpaired) electrons. The lowest BCUT2D eigenvalue weighted by molar-refractivity contribution is -0.313. The van der Waals surface area contributed by atoms with Crippen LogP contribution in [0.15, 0.2) is 0 Å². The van der Waals surface area contributed by atoms with Crippen LogP contribution >= 0.6 is 7.60 Å². The highest BCUT2D eigenvalue weighted by Crippen LogP contribution is 2.24. The molecule has 0 unspecified atom stereocenters. The number of unbranched alkanes of at least 4 members (excludes halogenated alkanes) is 5. The molecule has 4 heteroatoms. The van der Waals surface area contributed by atoms with Crippen LogP contribution in [0.5, 0.6) is 0 Å². The zero-order chi connectivity index (χ0) is 9.45. The highest BCUT2D eigenvalue weighted by Gasteiger charge is 1.92. The summed E-state index contributed by atoms with van der Waals surface area (Å²) < 4.78 is 10.2. The van der Waals surface area contributed by atoms with Gasteiger partial charge in [0.05, 0.1) is 0 Å². The van der Waals surface area contributed by atoms with Gasteiger partial charge in [-0.05, 0) is 12.6 Å². The highest BCUT2D eigenvalue weighted by molar-refractivity contribution is 7.48. The predicted octanol–water partition coefficient (Wildman–Crippen LogP) is 1.26. The minimum Gasteiger partial charge on any atom is -0.811 e. The molecule has 0 aromatic heterocycles. The lowest BCUT2D eigenvalue weighted by Gasteiger charge is -2.29. The fourth-order valence-corrected chi connectivity index (χ4v) is 1.70. The molecule has 0 fully saturated rings. The fraction of sp³-hybridized carbons (Fsp3) is 1.00. The second-order valence-electron chi connectivity index (χ2n) is 3.10. The van der Waals surface area contributed by atoms with Crippen molar-refractivity contribution in [2.45, 2.75) is 45.4 Å². The molecule has 74 valence electrons. The largest absolute Gasteiger partial charge is 0.811 e. The van der Waals surface area contributed by atoms with Crippen molar-refractivity contribution < 1.29 is 14.4 Å². The molecule has 0 rings (SSSR count).